The first-order valence-electron chi connectivity index (χ1n) is 6.70. The van der Waals surface area contributed by atoms with Crippen molar-refractivity contribution in [3.05, 3.63) is 29.3 Å². The molecule has 1 spiro atoms. The predicted molar refractivity (Wildman–Crippen MR) is 70.8 cm³/mol. The van der Waals surface area contributed by atoms with Gasteiger partial charge in [0, 0.05) is 17.4 Å². The number of rotatable bonds is 3. The molecule has 1 aromatic carbocycles. The molecular formula is C15H21NO2. The number of fused-ring (bicyclic) bond motifs is 2. The number of methoxy groups -OCH3 is 1. The van der Waals surface area contributed by atoms with Crippen molar-refractivity contribution in [2.75, 3.05) is 20.3 Å². The summed E-state index contributed by atoms with van der Waals surface area (Å²) in [6, 6.07) is 6.36. The molecule has 0 bridgehead atoms. The zero-order valence-electron chi connectivity index (χ0n) is 10.9. The van der Waals surface area contributed by atoms with Crippen molar-refractivity contribution in [1.82, 2.24) is 0 Å². The van der Waals surface area contributed by atoms with E-state index >= 15 is 0 Å². The second-order valence-corrected chi connectivity index (χ2v) is 5.78. The number of nitrogens with two attached hydrogens (primary N) is 1. The molecule has 3 nitrogen and oxygen atoms in total. The Balaban J connectivity index is 2.07. The standard InChI is InChI=1S/C15H21NO2/c1-18-12-5-4-11-3-2-6-15(13(11)7-12)8-14(15,9-16)10-17/h4-5,7,17H,2-3,6,8-10,16H2,1H3. The summed E-state index contributed by atoms with van der Waals surface area (Å²) in [4.78, 5) is 0. The summed E-state index contributed by atoms with van der Waals surface area (Å²) in [6.07, 6.45) is 4.49. The third kappa shape index (κ3) is 1.38. The lowest BCUT2D eigenvalue weighted by molar-refractivity contribution is 0.189. The quantitative estimate of drug-likeness (QED) is 0.853. The van der Waals surface area contributed by atoms with Crippen LogP contribution in [0.1, 0.15) is 30.4 Å². The molecule has 1 saturated carbocycles. The molecule has 0 aliphatic heterocycles. The Kier molecular flexibility index (Phi) is 2.65. The summed E-state index contributed by atoms with van der Waals surface area (Å²) in [7, 11) is 1.70. The van der Waals surface area contributed by atoms with Crippen LogP contribution in [0.15, 0.2) is 18.2 Å². The fourth-order valence-electron chi connectivity index (χ4n) is 3.87. The van der Waals surface area contributed by atoms with Gasteiger partial charge in [-0.1, -0.05) is 6.07 Å². The highest BCUT2D eigenvalue weighted by molar-refractivity contribution is 5.49. The van der Waals surface area contributed by atoms with Gasteiger partial charge in [0.05, 0.1) is 13.7 Å². The fourth-order valence-corrected chi connectivity index (χ4v) is 3.87. The molecule has 1 fully saturated rings. The lowest BCUT2D eigenvalue weighted by Crippen LogP contribution is -2.32. The molecular weight excluding hydrogens is 226 g/mol. The lowest BCUT2D eigenvalue weighted by atomic mass is 9.75. The minimum Gasteiger partial charge on any atom is -0.497 e. The Labute approximate surface area is 108 Å². The molecule has 3 rings (SSSR count). The van der Waals surface area contributed by atoms with Crippen molar-refractivity contribution >= 4 is 0 Å². The van der Waals surface area contributed by atoms with E-state index in [1.807, 2.05) is 6.07 Å². The van der Waals surface area contributed by atoms with Gasteiger partial charge in [-0.25, -0.2) is 0 Å². The van der Waals surface area contributed by atoms with Crippen LogP contribution < -0.4 is 10.5 Å². The van der Waals surface area contributed by atoms with Crippen LogP contribution in [0.3, 0.4) is 0 Å². The maximum Gasteiger partial charge on any atom is 0.119 e. The van der Waals surface area contributed by atoms with Crippen LogP contribution >= 0.6 is 0 Å². The monoisotopic (exact) mass is 247 g/mol. The number of aryl methyl sites for hydroxylation is 1. The van der Waals surface area contributed by atoms with Crippen LogP contribution in [0.5, 0.6) is 5.75 Å². The highest BCUT2D eigenvalue weighted by Gasteiger charge is 2.67. The van der Waals surface area contributed by atoms with Crippen LogP contribution in [0.2, 0.25) is 0 Å². The van der Waals surface area contributed by atoms with Gasteiger partial charge >= 0.3 is 0 Å². The number of hydrogen-bond acceptors (Lipinski definition) is 3. The van der Waals surface area contributed by atoms with Crippen molar-refractivity contribution < 1.29 is 9.84 Å². The van der Waals surface area contributed by atoms with Crippen molar-refractivity contribution in [3.8, 4) is 5.75 Å². The number of hydrogen-bond donors (Lipinski definition) is 2. The third-order valence-corrected chi connectivity index (χ3v) is 5.11. The normalized spacial score (nSPS) is 33.3. The van der Waals surface area contributed by atoms with Crippen LogP contribution in [0.4, 0.5) is 0 Å². The van der Waals surface area contributed by atoms with Crippen LogP contribution in [0.25, 0.3) is 0 Å². The lowest BCUT2D eigenvalue weighted by Gasteiger charge is -2.31. The first-order valence-corrected chi connectivity index (χ1v) is 6.70. The SMILES string of the molecule is COc1ccc2c(c1)C1(CCC2)CC1(CN)CO. The van der Waals surface area contributed by atoms with Crippen molar-refractivity contribution in [2.45, 2.75) is 31.1 Å². The summed E-state index contributed by atoms with van der Waals surface area (Å²) in [6.45, 7) is 0.764. The molecule has 2 aliphatic rings. The zero-order valence-corrected chi connectivity index (χ0v) is 10.9. The van der Waals surface area contributed by atoms with E-state index in [1.165, 1.54) is 17.5 Å². The first-order chi connectivity index (χ1) is 8.71. The molecule has 0 amide bonds. The smallest absolute Gasteiger partial charge is 0.119 e. The van der Waals surface area contributed by atoms with Crippen molar-refractivity contribution in [3.63, 3.8) is 0 Å². The van der Waals surface area contributed by atoms with Gasteiger partial charge in [0.2, 0.25) is 0 Å². The van der Waals surface area contributed by atoms with E-state index < -0.39 is 0 Å². The molecule has 18 heavy (non-hydrogen) atoms. The van der Waals surface area contributed by atoms with Gasteiger partial charge in [-0.3, -0.25) is 0 Å². The van der Waals surface area contributed by atoms with Crippen LogP contribution in [-0.2, 0) is 11.8 Å². The minimum atomic E-state index is -0.0888. The molecule has 2 aliphatic carbocycles. The zero-order chi connectivity index (χ0) is 12.8. The summed E-state index contributed by atoms with van der Waals surface area (Å²) in [5.41, 5.74) is 8.72. The molecule has 2 atom stereocenters. The third-order valence-electron chi connectivity index (χ3n) is 5.11. The molecule has 1 aromatic rings. The predicted octanol–water partition coefficient (Wildman–Crippen LogP) is 1.61. The van der Waals surface area contributed by atoms with Gasteiger partial charge in [0.25, 0.3) is 0 Å². The average molecular weight is 247 g/mol. The molecule has 0 heterocycles. The second-order valence-electron chi connectivity index (χ2n) is 5.78. The molecule has 0 radical (unpaired) electrons. The highest BCUT2D eigenvalue weighted by atomic mass is 16.5. The molecule has 3 heteroatoms. The van der Waals surface area contributed by atoms with E-state index in [-0.39, 0.29) is 17.4 Å². The number of benzene rings is 1. The molecule has 98 valence electrons. The summed E-state index contributed by atoms with van der Waals surface area (Å²) < 4.78 is 5.34. The van der Waals surface area contributed by atoms with Gasteiger partial charge in [0.1, 0.15) is 5.75 Å². The van der Waals surface area contributed by atoms with E-state index in [0.717, 1.165) is 25.0 Å². The van der Waals surface area contributed by atoms with E-state index in [4.69, 9.17) is 10.5 Å². The number of aliphatic hydroxyl groups excluding tert-OH is 1. The topological polar surface area (TPSA) is 55.5 Å². The van der Waals surface area contributed by atoms with Crippen LogP contribution in [0, 0.1) is 5.41 Å². The van der Waals surface area contributed by atoms with Gasteiger partial charge in [-0.15, -0.1) is 0 Å². The Morgan fingerprint density at radius 3 is 2.89 bits per heavy atom. The largest absolute Gasteiger partial charge is 0.497 e. The van der Waals surface area contributed by atoms with E-state index in [1.54, 1.807) is 7.11 Å². The maximum absolute atomic E-state index is 9.71. The molecule has 0 saturated heterocycles. The molecule has 3 N–H and O–H groups in total. The van der Waals surface area contributed by atoms with Gasteiger partial charge in [0.15, 0.2) is 0 Å². The summed E-state index contributed by atoms with van der Waals surface area (Å²) >= 11 is 0. The molecule has 2 unspecified atom stereocenters. The number of aliphatic hydroxyl groups is 1. The number of ether oxygens (including phenoxy) is 1. The molecule has 0 aromatic heterocycles. The maximum atomic E-state index is 9.71. The minimum absolute atomic E-state index is 0.0888. The summed E-state index contributed by atoms with van der Waals surface area (Å²) in [5.74, 6) is 0.908. The van der Waals surface area contributed by atoms with Crippen LogP contribution in [-0.4, -0.2) is 25.4 Å². The Morgan fingerprint density at radius 1 is 1.44 bits per heavy atom. The van der Waals surface area contributed by atoms with Gasteiger partial charge < -0.3 is 15.6 Å². The average Bonchev–Trinajstić information content (AvgIpc) is 3.08. The first kappa shape index (κ1) is 12.0. The second kappa shape index (κ2) is 3.97. The summed E-state index contributed by atoms with van der Waals surface area (Å²) in [5, 5.41) is 9.71. The van der Waals surface area contributed by atoms with Gasteiger partial charge in [-0.05, 0) is 48.9 Å². The van der Waals surface area contributed by atoms with E-state index in [0.29, 0.717) is 6.54 Å². The Bertz CT molecular complexity index is 468. The van der Waals surface area contributed by atoms with E-state index in [2.05, 4.69) is 12.1 Å². The van der Waals surface area contributed by atoms with Crippen molar-refractivity contribution in [1.29, 1.82) is 0 Å². The Hall–Kier alpha value is -1.06. The van der Waals surface area contributed by atoms with E-state index in [9.17, 15) is 5.11 Å². The highest BCUT2D eigenvalue weighted by Crippen LogP contribution is 2.68. The van der Waals surface area contributed by atoms with Crippen molar-refractivity contribution in [2.24, 2.45) is 11.1 Å². The fraction of sp³-hybridized carbons (Fsp3) is 0.600. The van der Waals surface area contributed by atoms with Gasteiger partial charge in [-0.2, -0.15) is 0 Å². The Morgan fingerprint density at radius 2 is 2.28 bits per heavy atom.